The van der Waals surface area contributed by atoms with E-state index >= 15 is 0 Å². The Kier molecular flexibility index (Phi) is 14.6. The van der Waals surface area contributed by atoms with E-state index in [1.165, 1.54) is 57.4 Å². The van der Waals surface area contributed by atoms with Crippen LogP contribution in [0.15, 0.2) is 12.2 Å². The van der Waals surface area contributed by atoms with Crippen molar-refractivity contribution in [1.82, 2.24) is 0 Å². The fourth-order valence-corrected chi connectivity index (χ4v) is 1.95. The Morgan fingerprint density at radius 2 is 1.53 bits per heavy atom. The van der Waals surface area contributed by atoms with Gasteiger partial charge in [0.2, 0.25) is 0 Å². The Morgan fingerprint density at radius 3 is 2.11 bits per heavy atom. The molecule has 3 nitrogen and oxygen atoms in total. The number of ether oxygens (including phenoxy) is 1. The van der Waals surface area contributed by atoms with Crippen LogP contribution < -0.4 is 0 Å². The summed E-state index contributed by atoms with van der Waals surface area (Å²) in [6.07, 6.45) is 15.4. The minimum absolute atomic E-state index is 0.626. The van der Waals surface area contributed by atoms with Crippen LogP contribution >= 0.6 is 0 Å². The second kappa shape index (κ2) is 15.2. The van der Waals surface area contributed by atoms with Crippen LogP contribution in [0.5, 0.6) is 0 Å². The molecule has 0 heterocycles. The Morgan fingerprint density at radius 1 is 0.947 bits per heavy atom. The number of carbonyl (C=O) groups is 1. The second-order valence-electron chi connectivity index (χ2n) is 4.97. The largest absolute Gasteiger partial charge is 0.478 e. The summed E-state index contributed by atoms with van der Waals surface area (Å²) in [5.41, 5.74) is 0. The predicted molar refractivity (Wildman–Crippen MR) is 79.4 cm³/mol. The molecule has 0 aromatic carbocycles. The lowest BCUT2D eigenvalue weighted by atomic mass is 10.1. The zero-order valence-corrected chi connectivity index (χ0v) is 12.4. The summed E-state index contributed by atoms with van der Waals surface area (Å²) in [7, 11) is 0. The van der Waals surface area contributed by atoms with E-state index in [0.717, 1.165) is 13.0 Å². The molecule has 0 aromatic heterocycles. The molecule has 0 aliphatic heterocycles. The highest BCUT2D eigenvalue weighted by atomic mass is 16.5. The summed E-state index contributed by atoms with van der Waals surface area (Å²) < 4.78 is 5.43. The van der Waals surface area contributed by atoms with Gasteiger partial charge in [0.25, 0.3) is 0 Å². The molecule has 0 rings (SSSR count). The molecule has 0 bridgehead atoms. The monoisotopic (exact) mass is 270 g/mol. The molecule has 0 atom stereocenters. The summed E-state index contributed by atoms with van der Waals surface area (Å²) >= 11 is 0. The summed E-state index contributed by atoms with van der Waals surface area (Å²) in [6, 6.07) is 0. The van der Waals surface area contributed by atoms with Gasteiger partial charge in [-0.3, -0.25) is 0 Å². The number of hydrogen-bond donors (Lipinski definition) is 1. The quantitative estimate of drug-likeness (QED) is 0.371. The van der Waals surface area contributed by atoms with Gasteiger partial charge in [-0.2, -0.15) is 0 Å². The van der Waals surface area contributed by atoms with Crippen molar-refractivity contribution < 1.29 is 14.6 Å². The topological polar surface area (TPSA) is 46.5 Å². The van der Waals surface area contributed by atoms with Crippen LogP contribution in [-0.2, 0) is 9.53 Å². The minimum Gasteiger partial charge on any atom is -0.478 e. The van der Waals surface area contributed by atoms with Crippen LogP contribution in [-0.4, -0.2) is 24.3 Å². The molecule has 112 valence electrons. The van der Waals surface area contributed by atoms with E-state index in [0.29, 0.717) is 13.0 Å². The van der Waals surface area contributed by atoms with Gasteiger partial charge in [0.1, 0.15) is 0 Å². The van der Waals surface area contributed by atoms with Gasteiger partial charge >= 0.3 is 5.97 Å². The molecule has 0 aromatic rings. The lowest BCUT2D eigenvalue weighted by Gasteiger charge is -2.03. The Hall–Kier alpha value is -0.830. The maximum atomic E-state index is 10.2. The lowest BCUT2D eigenvalue weighted by Crippen LogP contribution is -1.96. The van der Waals surface area contributed by atoms with Gasteiger partial charge in [0.15, 0.2) is 0 Å². The molecule has 0 saturated carbocycles. The number of carboxylic acid groups (broad SMARTS) is 1. The van der Waals surface area contributed by atoms with E-state index in [1.54, 1.807) is 6.08 Å². The third-order valence-corrected chi connectivity index (χ3v) is 3.08. The van der Waals surface area contributed by atoms with Gasteiger partial charge in [-0.1, -0.05) is 64.4 Å². The average Bonchev–Trinajstić information content (AvgIpc) is 2.39. The Balaban J connectivity index is 3.01. The first-order valence-electron chi connectivity index (χ1n) is 7.74. The molecule has 0 unspecified atom stereocenters. The molecule has 0 fully saturated rings. The third kappa shape index (κ3) is 17.2. The van der Waals surface area contributed by atoms with E-state index in [1.807, 2.05) is 0 Å². The van der Waals surface area contributed by atoms with E-state index < -0.39 is 5.97 Å². The molecule has 0 saturated heterocycles. The summed E-state index contributed by atoms with van der Waals surface area (Å²) in [5, 5.41) is 8.38. The van der Waals surface area contributed by atoms with Crippen molar-refractivity contribution in [2.24, 2.45) is 0 Å². The van der Waals surface area contributed by atoms with Crippen LogP contribution in [0.3, 0.4) is 0 Å². The average molecular weight is 270 g/mol. The molecule has 0 amide bonds. The van der Waals surface area contributed by atoms with Crippen molar-refractivity contribution >= 4 is 5.97 Å². The van der Waals surface area contributed by atoms with Crippen LogP contribution in [0.4, 0.5) is 0 Å². The molecule has 0 aliphatic rings. The maximum absolute atomic E-state index is 10.2. The number of rotatable bonds is 14. The molecule has 19 heavy (non-hydrogen) atoms. The Bertz CT molecular complexity index is 224. The Labute approximate surface area is 118 Å². The predicted octanol–water partition coefficient (Wildman–Crippen LogP) is 4.56. The van der Waals surface area contributed by atoms with Gasteiger partial charge in [-0.25, -0.2) is 4.79 Å². The molecule has 0 aliphatic carbocycles. The van der Waals surface area contributed by atoms with Crippen molar-refractivity contribution in [3.8, 4) is 0 Å². The van der Waals surface area contributed by atoms with Crippen LogP contribution in [0.1, 0.15) is 71.1 Å². The number of hydrogen-bond acceptors (Lipinski definition) is 2. The highest BCUT2D eigenvalue weighted by Crippen LogP contribution is 2.09. The van der Waals surface area contributed by atoms with Crippen LogP contribution in [0, 0.1) is 0 Å². The van der Waals surface area contributed by atoms with Gasteiger partial charge in [0, 0.05) is 12.7 Å². The fourth-order valence-electron chi connectivity index (χ4n) is 1.95. The highest BCUT2D eigenvalue weighted by Gasteiger charge is 1.92. The summed E-state index contributed by atoms with van der Waals surface area (Å²) in [6.45, 7) is 3.68. The zero-order chi connectivity index (χ0) is 14.2. The molecule has 1 N–H and O–H groups in total. The summed E-state index contributed by atoms with van der Waals surface area (Å²) in [4.78, 5) is 10.2. The first-order valence-corrected chi connectivity index (χ1v) is 7.74. The van der Waals surface area contributed by atoms with Crippen molar-refractivity contribution in [3.05, 3.63) is 12.2 Å². The third-order valence-electron chi connectivity index (χ3n) is 3.08. The van der Waals surface area contributed by atoms with Gasteiger partial charge < -0.3 is 9.84 Å². The van der Waals surface area contributed by atoms with Crippen molar-refractivity contribution in [1.29, 1.82) is 0 Å². The number of carboxylic acids is 1. The fraction of sp³-hybridized carbons (Fsp3) is 0.812. The van der Waals surface area contributed by atoms with Crippen LogP contribution in [0.25, 0.3) is 0 Å². The normalized spacial score (nSPS) is 11.2. The first kappa shape index (κ1) is 18.2. The van der Waals surface area contributed by atoms with Gasteiger partial charge in [0.05, 0.1) is 6.61 Å². The highest BCUT2D eigenvalue weighted by molar-refractivity contribution is 5.79. The van der Waals surface area contributed by atoms with Crippen molar-refractivity contribution in [3.63, 3.8) is 0 Å². The van der Waals surface area contributed by atoms with E-state index in [2.05, 4.69) is 6.92 Å². The SMILES string of the molecule is CCCCCCCCCCCOCCC=CC(=O)O. The van der Waals surface area contributed by atoms with Crippen molar-refractivity contribution in [2.45, 2.75) is 71.1 Å². The first-order chi connectivity index (χ1) is 9.27. The lowest BCUT2D eigenvalue weighted by molar-refractivity contribution is -0.131. The van der Waals surface area contributed by atoms with E-state index in [4.69, 9.17) is 9.84 Å². The van der Waals surface area contributed by atoms with Gasteiger partial charge in [-0.05, 0) is 12.8 Å². The minimum atomic E-state index is -0.890. The smallest absolute Gasteiger partial charge is 0.327 e. The van der Waals surface area contributed by atoms with E-state index in [9.17, 15) is 4.79 Å². The molecular weight excluding hydrogens is 240 g/mol. The molecule has 0 radical (unpaired) electrons. The van der Waals surface area contributed by atoms with Crippen LogP contribution in [0.2, 0.25) is 0 Å². The standard InChI is InChI=1S/C16H30O3/c1-2-3-4-5-6-7-8-9-11-14-19-15-12-10-13-16(17)18/h10,13H,2-9,11-12,14-15H2,1H3,(H,17,18). The molecule has 3 heteroatoms. The second-order valence-corrected chi connectivity index (χ2v) is 4.97. The summed E-state index contributed by atoms with van der Waals surface area (Å²) in [5.74, 6) is -0.890. The number of unbranched alkanes of at least 4 members (excludes halogenated alkanes) is 8. The van der Waals surface area contributed by atoms with E-state index in [-0.39, 0.29) is 0 Å². The molecule has 0 spiro atoms. The zero-order valence-electron chi connectivity index (χ0n) is 12.4. The van der Waals surface area contributed by atoms with Crippen molar-refractivity contribution in [2.75, 3.05) is 13.2 Å². The maximum Gasteiger partial charge on any atom is 0.327 e. The number of aliphatic carboxylic acids is 1. The molecular formula is C16H30O3. The van der Waals surface area contributed by atoms with Gasteiger partial charge in [-0.15, -0.1) is 0 Å².